The number of esters is 1. The highest BCUT2D eigenvalue weighted by Gasteiger charge is 2.74. The van der Waals surface area contributed by atoms with Gasteiger partial charge in [-0.25, -0.2) is 0 Å². The summed E-state index contributed by atoms with van der Waals surface area (Å²) in [5, 5.41) is 16.3. The van der Waals surface area contributed by atoms with E-state index in [0.717, 1.165) is 23.4 Å². The van der Waals surface area contributed by atoms with Crippen molar-refractivity contribution in [1.82, 2.24) is 20.1 Å². The second kappa shape index (κ2) is 18.7. The maximum Gasteiger partial charge on any atom is 0.324 e. The molecule has 0 radical (unpaired) electrons. The summed E-state index contributed by atoms with van der Waals surface area (Å²) >= 11 is 0. The van der Waals surface area contributed by atoms with Gasteiger partial charge in [0.1, 0.15) is 29.9 Å². The number of amides is 2. The van der Waals surface area contributed by atoms with E-state index in [4.69, 9.17) is 9.47 Å². The standard InChI is InChI=1S/C53H49N5O6/c1-57(35-37-16-5-2-6-17-37)31-15-18-36-26-27-43-42(34-36)53(52(62)56-43)45(50(60)55-30-28-40-23-13-14-29-54-40)47-51(61)64-48(39-21-9-4-10-22-39)46(38-19-7-3-8-20-38)58(47)49(53)41-24-11-12-25-44(41)63-33-32-59/h2-14,16-17,19-27,29,34,45-49,59H,28,30-33,35H2,1H3,(H,55,60)(H,56,62)/t45-,46-,47-,48+,49+,53-/m0/s1. The number of aromatic nitrogens is 1. The largest absolute Gasteiger partial charge is 0.491 e. The number of carbonyl (C=O) groups is 3. The Morgan fingerprint density at radius 1 is 0.875 bits per heavy atom. The molecule has 1 aromatic heterocycles. The van der Waals surface area contributed by atoms with Crippen molar-refractivity contribution in [3.05, 3.63) is 197 Å². The van der Waals surface area contributed by atoms with Gasteiger partial charge in [0.25, 0.3) is 0 Å². The SMILES string of the molecule is CN(CC#Cc1ccc2c(c1)[C@]1(C(=O)N2)[C@H](C(=O)NCCc2ccccn2)[C@H]2C(=O)O[C@H](c3ccccc3)[C@H](c3ccccc3)N2[C@@H]1c1ccccc1OCCO)Cc1ccccc1. The lowest BCUT2D eigenvalue weighted by molar-refractivity contribution is -0.178. The molecule has 2 fully saturated rings. The summed E-state index contributed by atoms with van der Waals surface area (Å²) < 4.78 is 12.8. The van der Waals surface area contributed by atoms with Gasteiger partial charge in [-0.3, -0.25) is 29.2 Å². The van der Waals surface area contributed by atoms with Crippen LogP contribution < -0.4 is 15.4 Å². The minimum Gasteiger partial charge on any atom is -0.491 e. The summed E-state index contributed by atoms with van der Waals surface area (Å²) in [6, 6.07) is 45.2. The zero-order valence-electron chi connectivity index (χ0n) is 35.5. The van der Waals surface area contributed by atoms with E-state index in [1.807, 2.05) is 145 Å². The number of aliphatic hydroxyl groups excluding tert-OH is 1. The molecule has 0 aliphatic carbocycles. The Labute approximate surface area is 373 Å². The van der Waals surface area contributed by atoms with Gasteiger partial charge in [-0.1, -0.05) is 127 Å². The molecule has 64 heavy (non-hydrogen) atoms. The molecule has 322 valence electrons. The van der Waals surface area contributed by atoms with Crippen LogP contribution in [-0.4, -0.2) is 77.1 Å². The van der Waals surface area contributed by atoms with Crippen LogP contribution in [0.4, 0.5) is 5.69 Å². The number of para-hydroxylation sites is 1. The molecule has 3 aliphatic rings. The number of rotatable bonds is 13. The maximum absolute atomic E-state index is 15.6. The molecule has 0 saturated carbocycles. The molecular weight excluding hydrogens is 803 g/mol. The van der Waals surface area contributed by atoms with E-state index in [1.165, 1.54) is 5.56 Å². The van der Waals surface area contributed by atoms with Gasteiger partial charge < -0.3 is 25.2 Å². The van der Waals surface area contributed by atoms with E-state index in [9.17, 15) is 5.11 Å². The fraction of sp³-hybridized carbons (Fsp3) is 0.245. The van der Waals surface area contributed by atoms with Crippen molar-refractivity contribution < 1.29 is 29.0 Å². The van der Waals surface area contributed by atoms with Gasteiger partial charge in [0.05, 0.1) is 31.2 Å². The Balaban J connectivity index is 1.24. The normalized spacial score (nSPS) is 22.2. The summed E-state index contributed by atoms with van der Waals surface area (Å²) in [7, 11) is 2.01. The van der Waals surface area contributed by atoms with E-state index in [0.29, 0.717) is 41.1 Å². The van der Waals surface area contributed by atoms with Crippen LogP contribution in [0.15, 0.2) is 158 Å². The zero-order valence-corrected chi connectivity index (χ0v) is 35.5. The van der Waals surface area contributed by atoms with Gasteiger partial charge in [0.2, 0.25) is 11.8 Å². The van der Waals surface area contributed by atoms with Crippen LogP contribution >= 0.6 is 0 Å². The second-order valence-electron chi connectivity index (χ2n) is 16.4. The maximum atomic E-state index is 15.6. The summed E-state index contributed by atoms with van der Waals surface area (Å²) in [6.45, 7) is 1.14. The minimum absolute atomic E-state index is 0.0182. The molecular formula is C53H49N5O6. The molecule has 9 rings (SSSR count). The highest BCUT2D eigenvalue weighted by Crippen LogP contribution is 2.65. The van der Waals surface area contributed by atoms with Gasteiger partial charge in [0.15, 0.2) is 0 Å². The first kappa shape index (κ1) is 42.2. The van der Waals surface area contributed by atoms with Crippen LogP contribution in [0, 0.1) is 17.8 Å². The number of ether oxygens (including phenoxy) is 2. The smallest absolute Gasteiger partial charge is 0.324 e. The van der Waals surface area contributed by atoms with Crippen LogP contribution in [0.1, 0.15) is 57.3 Å². The number of cyclic esters (lactones) is 1. The first-order valence-electron chi connectivity index (χ1n) is 21.6. The third-order valence-corrected chi connectivity index (χ3v) is 12.4. The molecule has 11 heteroatoms. The lowest BCUT2D eigenvalue weighted by atomic mass is 9.65. The third-order valence-electron chi connectivity index (χ3n) is 12.4. The van der Waals surface area contributed by atoms with E-state index < -0.39 is 53.3 Å². The number of hydrogen-bond donors (Lipinski definition) is 3. The van der Waals surface area contributed by atoms with Gasteiger partial charge in [-0.05, 0) is 65.7 Å². The van der Waals surface area contributed by atoms with Crippen molar-refractivity contribution in [3.63, 3.8) is 0 Å². The average molecular weight is 852 g/mol. The van der Waals surface area contributed by atoms with Crippen molar-refractivity contribution in [2.75, 3.05) is 38.7 Å². The van der Waals surface area contributed by atoms with Gasteiger partial charge >= 0.3 is 5.97 Å². The lowest BCUT2D eigenvalue weighted by Crippen LogP contribution is -2.55. The van der Waals surface area contributed by atoms with E-state index in [1.54, 1.807) is 12.3 Å². The lowest BCUT2D eigenvalue weighted by Gasteiger charge is -2.46. The fourth-order valence-corrected chi connectivity index (χ4v) is 9.83. The van der Waals surface area contributed by atoms with E-state index >= 15 is 14.4 Å². The zero-order chi connectivity index (χ0) is 44.0. The van der Waals surface area contributed by atoms with E-state index in [2.05, 4.69) is 44.5 Å². The number of fused-ring (bicyclic) bond motifs is 3. The minimum atomic E-state index is -1.73. The van der Waals surface area contributed by atoms with Crippen molar-refractivity contribution in [2.45, 2.75) is 42.6 Å². The predicted octanol–water partition coefficient (Wildman–Crippen LogP) is 6.57. The molecule has 3 aliphatic heterocycles. The number of aliphatic hydroxyl groups is 1. The van der Waals surface area contributed by atoms with Gasteiger partial charge in [-0.15, -0.1) is 0 Å². The van der Waals surface area contributed by atoms with Crippen LogP contribution in [-0.2, 0) is 37.5 Å². The van der Waals surface area contributed by atoms with Crippen molar-refractivity contribution >= 4 is 23.5 Å². The second-order valence-corrected chi connectivity index (χ2v) is 16.4. The Hall–Kier alpha value is -7.10. The fourth-order valence-electron chi connectivity index (χ4n) is 9.83. The first-order valence-corrected chi connectivity index (χ1v) is 21.6. The highest BCUT2D eigenvalue weighted by atomic mass is 16.6. The number of nitrogens with zero attached hydrogens (tertiary/aromatic N) is 3. The Morgan fingerprint density at radius 3 is 2.31 bits per heavy atom. The number of morpholine rings is 1. The van der Waals surface area contributed by atoms with Gasteiger partial charge in [0, 0.05) is 48.2 Å². The summed E-state index contributed by atoms with van der Waals surface area (Å²) in [6.07, 6.45) is 1.31. The first-order chi connectivity index (χ1) is 31.4. The Kier molecular flexibility index (Phi) is 12.3. The molecule has 11 nitrogen and oxygen atoms in total. The Bertz CT molecular complexity index is 2670. The molecule has 2 saturated heterocycles. The average Bonchev–Trinajstić information content (AvgIpc) is 3.80. The quantitative estimate of drug-likeness (QED) is 0.0873. The number of carbonyl (C=O) groups excluding carboxylic acids is 3. The molecule has 2 amide bonds. The summed E-state index contributed by atoms with van der Waals surface area (Å²) in [4.78, 5) is 54.8. The van der Waals surface area contributed by atoms with Crippen molar-refractivity contribution in [1.29, 1.82) is 0 Å². The molecule has 5 aromatic carbocycles. The summed E-state index contributed by atoms with van der Waals surface area (Å²) in [5.41, 5.74) is 4.11. The summed E-state index contributed by atoms with van der Waals surface area (Å²) in [5.74, 6) is 4.23. The number of anilines is 1. The molecule has 3 N–H and O–H groups in total. The van der Waals surface area contributed by atoms with Crippen molar-refractivity contribution in [3.8, 4) is 17.6 Å². The molecule has 0 unspecified atom stereocenters. The van der Waals surface area contributed by atoms with Gasteiger partial charge in [-0.2, -0.15) is 0 Å². The van der Waals surface area contributed by atoms with Crippen LogP contribution in [0.3, 0.4) is 0 Å². The van der Waals surface area contributed by atoms with Crippen LogP contribution in [0.5, 0.6) is 5.75 Å². The number of nitrogens with one attached hydrogen (secondary N) is 2. The molecule has 6 aromatic rings. The van der Waals surface area contributed by atoms with Crippen LogP contribution in [0.25, 0.3) is 0 Å². The monoisotopic (exact) mass is 851 g/mol. The van der Waals surface area contributed by atoms with E-state index in [-0.39, 0.29) is 19.8 Å². The Morgan fingerprint density at radius 2 is 1.58 bits per heavy atom. The number of pyridine rings is 1. The van der Waals surface area contributed by atoms with Crippen molar-refractivity contribution in [2.24, 2.45) is 5.92 Å². The topological polar surface area (TPSA) is 133 Å². The molecule has 1 spiro atoms. The van der Waals surface area contributed by atoms with Crippen LogP contribution in [0.2, 0.25) is 0 Å². The predicted molar refractivity (Wildman–Crippen MR) is 243 cm³/mol. The molecule has 0 bridgehead atoms. The molecule has 6 atom stereocenters. The molecule has 4 heterocycles. The number of benzene rings is 5. The highest BCUT2D eigenvalue weighted by molar-refractivity contribution is 6.12. The number of hydrogen-bond acceptors (Lipinski definition) is 9. The third kappa shape index (κ3) is 8.03.